The number of amides is 1. The Morgan fingerprint density at radius 2 is 2.15 bits per heavy atom. The topological polar surface area (TPSA) is 38.3 Å². The number of hydrogen-bond acceptors (Lipinski definition) is 3. The summed E-state index contributed by atoms with van der Waals surface area (Å²) in [4.78, 5) is 12.2. The van der Waals surface area contributed by atoms with Crippen LogP contribution in [0.15, 0.2) is 47.5 Å². The number of halogens is 4. The third-order valence-corrected chi connectivity index (χ3v) is 5.95. The fourth-order valence-electron chi connectivity index (χ4n) is 3.10. The van der Waals surface area contributed by atoms with Crippen molar-refractivity contribution in [3.05, 3.63) is 53.1 Å². The van der Waals surface area contributed by atoms with Gasteiger partial charge in [0.1, 0.15) is 6.10 Å². The minimum Gasteiger partial charge on any atom is -0.445 e. The van der Waals surface area contributed by atoms with E-state index in [9.17, 15) is 18.0 Å². The molecule has 0 spiro atoms. The lowest BCUT2D eigenvalue weighted by Gasteiger charge is -2.38. The lowest BCUT2D eigenvalue weighted by molar-refractivity contribution is -0.137. The van der Waals surface area contributed by atoms with Crippen molar-refractivity contribution >= 4 is 35.1 Å². The van der Waals surface area contributed by atoms with Crippen LogP contribution in [-0.4, -0.2) is 22.7 Å². The van der Waals surface area contributed by atoms with Crippen molar-refractivity contribution in [2.24, 2.45) is 5.92 Å². The predicted octanol–water partition coefficient (Wildman–Crippen LogP) is 5.83. The Morgan fingerprint density at radius 1 is 1.38 bits per heavy atom. The quantitative estimate of drug-likeness (QED) is 0.675. The number of carbonyl (C=O) groups is 1. The zero-order valence-electron chi connectivity index (χ0n) is 13.8. The van der Waals surface area contributed by atoms with Crippen molar-refractivity contribution in [3.8, 4) is 0 Å². The molecule has 1 aromatic rings. The van der Waals surface area contributed by atoms with Gasteiger partial charge in [0.2, 0.25) is 0 Å². The van der Waals surface area contributed by atoms with E-state index in [0.717, 1.165) is 12.1 Å². The molecule has 1 fully saturated rings. The molecule has 1 aliphatic heterocycles. The summed E-state index contributed by atoms with van der Waals surface area (Å²) < 4.78 is 43.8. The third kappa shape index (κ3) is 4.57. The van der Waals surface area contributed by atoms with Crippen LogP contribution >= 0.6 is 23.4 Å². The number of hydrogen-bond donors (Lipinski definition) is 1. The fraction of sp³-hybridized carbons (Fsp3) is 0.389. The first kappa shape index (κ1) is 19.2. The zero-order valence-corrected chi connectivity index (χ0v) is 15.4. The van der Waals surface area contributed by atoms with Gasteiger partial charge in [0, 0.05) is 27.1 Å². The van der Waals surface area contributed by atoms with E-state index in [1.807, 2.05) is 18.2 Å². The Hall–Kier alpha value is -1.60. The summed E-state index contributed by atoms with van der Waals surface area (Å²) in [7, 11) is 0. The Bertz CT molecular complexity index is 750. The number of rotatable bonds is 2. The maximum Gasteiger partial charge on any atom is 0.416 e. The highest BCUT2D eigenvalue weighted by atomic mass is 35.5. The number of nitrogens with one attached hydrogen (secondary N) is 1. The number of thioether (sulfide) groups is 1. The molecule has 0 aromatic heterocycles. The minimum atomic E-state index is -4.47. The Kier molecular flexibility index (Phi) is 5.58. The monoisotopic (exact) mass is 403 g/mol. The maximum absolute atomic E-state index is 12.8. The highest BCUT2D eigenvalue weighted by Gasteiger charge is 2.38. The van der Waals surface area contributed by atoms with Crippen LogP contribution in [0.5, 0.6) is 0 Å². The van der Waals surface area contributed by atoms with Crippen molar-refractivity contribution in [1.82, 2.24) is 0 Å². The molecule has 0 saturated carbocycles. The van der Waals surface area contributed by atoms with Crippen LogP contribution in [0, 0.1) is 5.92 Å². The predicted molar refractivity (Wildman–Crippen MR) is 97.4 cm³/mol. The van der Waals surface area contributed by atoms with Gasteiger partial charge in [-0.2, -0.15) is 24.9 Å². The molecular weight excluding hydrogens is 387 g/mol. The van der Waals surface area contributed by atoms with Crippen molar-refractivity contribution in [1.29, 1.82) is 0 Å². The largest absolute Gasteiger partial charge is 0.445 e. The molecule has 0 bridgehead atoms. The number of fused-ring (bicyclic) bond motifs is 1. The molecule has 1 amide bonds. The van der Waals surface area contributed by atoms with Crippen LogP contribution in [0.2, 0.25) is 0 Å². The molecular formula is C18H17ClF3NO2S. The second-order valence-corrected chi connectivity index (χ2v) is 8.34. The van der Waals surface area contributed by atoms with Gasteiger partial charge in [-0.05, 0) is 30.7 Å². The molecule has 1 N–H and O–H groups in total. The Labute approximate surface area is 158 Å². The van der Waals surface area contributed by atoms with E-state index in [-0.39, 0.29) is 28.2 Å². The molecule has 0 radical (unpaired) electrons. The van der Waals surface area contributed by atoms with E-state index in [4.69, 9.17) is 16.3 Å². The Balaban J connectivity index is 1.68. The highest BCUT2D eigenvalue weighted by molar-refractivity contribution is 8.00. The van der Waals surface area contributed by atoms with Gasteiger partial charge < -0.3 is 4.74 Å². The van der Waals surface area contributed by atoms with E-state index in [0.29, 0.717) is 11.5 Å². The SMILES string of the molecule is C[C@@H]1C[C@H](OC(=O)Nc2cccc(C(F)(F)F)c2)[C@H]2C=C(Cl)C=C[C@@H]2S1. The van der Waals surface area contributed by atoms with Crippen LogP contribution in [0.3, 0.4) is 0 Å². The van der Waals surface area contributed by atoms with Gasteiger partial charge in [-0.1, -0.05) is 36.7 Å². The van der Waals surface area contributed by atoms with Crippen LogP contribution < -0.4 is 5.32 Å². The number of benzene rings is 1. The fourth-order valence-corrected chi connectivity index (χ4v) is 4.76. The van der Waals surface area contributed by atoms with E-state index in [1.54, 1.807) is 11.8 Å². The van der Waals surface area contributed by atoms with E-state index in [1.165, 1.54) is 12.1 Å². The summed E-state index contributed by atoms with van der Waals surface area (Å²) >= 11 is 7.85. The summed E-state index contributed by atoms with van der Waals surface area (Å²) in [5, 5.41) is 3.42. The summed E-state index contributed by atoms with van der Waals surface area (Å²) in [6, 6.07) is 4.45. The maximum atomic E-state index is 12.8. The molecule has 1 aliphatic carbocycles. The minimum absolute atomic E-state index is 0.0386. The third-order valence-electron chi connectivity index (χ3n) is 4.25. The average molecular weight is 404 g/mol. The molecule has 8 heteroatoms. The van der Waals surface area contributed by atoms with Crippen molar-refractivity contribution in [2.45, 2.75) is 36.1 Å². The molecule has 1 saturated heterocycles. The number of ether oxygens (including phenoxy) is 1. The van der Waals surface area contributed by atoms with Gasteiger partial charge >= 0.3 is 12.3 Å². The summed E-state index contributed by atoms with van der Waals surface area (Å²) in [5.41, 5.74) is -0.790. The van der Waals surface area contributed by atoms with Gasteiger partial charge in [-0.15, -0.1) is 0 Å². The zero-order chi connectivity index (χ0) is 18.9. The second-order valence-electron chi connectivity index (χ2n) is 6.28. The number of alkyl halides is 3. The summed E-state index contributed by atoms with van der Waals surface area (Å²) in [5.74, 6) is -0.0547. The standard InChI is InChI=1S/C18H17ClF3NO2S/c1-10-7-15(14-9-12(19)5-6-16(14)26-10)25-17(24)23-13-4-2-3-11(8-13)18(20,21)22/h2-6,8-10,14-16H,7H2,1H3,(H,23,24)/t10-,14-,15+,16+/m1/s1. The van der Waals surface area contributed by atoms with Crippen LogP contribution in [0.4, 0.5) is 23.7 Å². The first-order valence-electron chi connectivity index (χ1n) is 8.08. The highest BCUT2D eigenvalue weighted by Crippen LogP contribution is 2.42. The smallest absolute Gasteiger partial charge is 0.416 e. The lowest BCUT2D eigenvalue weighted by atomic mass is 9.90. The molecule has 140 valence electrons. The molecule has 3 nitrogen and oxygen atoms in total. The van der Waals surface area contributed by atoms with E-state index in [2.05, 4.69) is 12.2 Å². The van der Waals surface area contributed by atoms with Crippen LogP contribution in [0.25, 0.3) is 0 Å². The molecule has 1 heterocycles. The second kappa shape index (κ2) is 7.56. The average Bonchev–Trinajstić information content (AvgIpc) is 2.55. The normalized spacial score (nSPS) is 28.1. The van der Waals surface area contributed by atoms with Crippen molar-refractivity contribution in [3.63, 3.8) is 0 Å². The molecule has 2 aliphatic rings. The van der Waals surface area contributed by atoms with Gasteiger partial charge in [0.15, 0.2) is 0 Å². The van der Waals surface area contributed by atoms with Gasteiger partial charge in [0.25, 0.3) is 0 Å². The molecule has 26 heavy (non-hydrogen) atoms. The first-order chi connectivity index (χ1) is 12.2. The number of allylic oxidation sites excluding steroid dienone is 2. The first-order valence-corrected chi connectivity index (χ1v) is 9.40. The lowest BCUT2D eigenvalue weighted by Crippen LogP contribution is -2.40. The number of anilines is 1. The van der Waals surface area contributed by atoms with Crippen molar-refractivity contribution in [2.75, 3.05) is 5.32 Å². The van der Waals surface area contributed by atoms with Gasteiger partial charge in [-0.25, -0.2) is 4.79 Å². The summed E-state index contributed by atoms with van der Waals surface area (Å²) in [6.07, 6.45) is 0.707. The van der Waals surface area contributed by atoms with Crippen LogP contribution in [0.1, 0.15) is 18.9 Å². The molecule has 3 rings (SSSR count). The van der Waals surface area contributed by atoms with Gasteiger partial charge in [-0.3, -0.25) is 5.32 Å². The van der Waals surface area contributed by atoms with Crippen molar-refractivity contribution < 1.29 is 22.7 Å². The van der Waals surface area contributed by atoms with Gasteiger partial charge in [0.05, 0.1) is 5.56 Å². The number of carbonyl (C=O) groups excluding carboxylic acids is 1. The Morgan fingerprint density at radius 3 is 2.88 bits per heavy atom. The summed E-state index contributed by atoms with van der Waals surface area (Å²) in [6.45, 7) is 2.05. The molecule has 1 aromatic carbocycles. The van der Waals surface area contributed by atoms with E-state index >= 15 is 0 Å². The molecule has 4 atom stereocenters. The van der Waals surface area contributed by atoms with E-state index < -0.39 is 17.8 Å². The molecule has 0 unspecified atom stereocenters. The van der Waals surface area contributed by atoms with Crippen LogP contribution in [-0.2, 0) is 10.9 Å².